The molecule has 2 N–H and O–H groups in total. The van der Waals surface area contributed by atoms with Gasteiger partial charge in [0.25, 0.3) is 0 Å². The third kappa shape index (κ3) is 0.575. The average Bonchev–Trinajstić information content (AvgIpc) is 2.37. The largest absolute Gasteiger partial charge is 0.315 e. The molecule has 2 bridgehead atoms. The fraction of sp³-hybridized carbons (Fsp3) is 0.714. The Hall–Kier alpha value is -0.340. The SMILES string of the molecule is CN1C2C=CC(C2)C1N. The monoisotopic (exact) mass is 124 g/mol. The maximum Gasteiger partial charge on any atom is 0.0639 e. The van der Waals surface area contributed by atoms with Crippen LogP contribution in [-0.2, 0) is 0 Å². The maximum absolute atomic E-state index is 5.84. The molecule has 2 heteroatoms. The first-order valence-electron chi connectivity index (χ1n) is 3.45. The van der Waals surface area contributed by atoms with Crippen molar-refractivity contribution in [3.8, 4) is 0 Å². The van der Waals surface area contributed by atoms with E-state index < -0.39 is 0 Å². The normalized spacial score (nSPS) is 48.9. The molecule has 0 saturated carbocycles. The summed E-state index contributed by atoms with van der Waals surface area (Å²) in [6.07, 6.45) is 6.04. The van der Waals surface area contributed by atoms with Gasteiger partial charge in [-0.1, -0.05) is 12.2 Å². The molecule has 50 valence electrons. The highest BCUT2D eigenvalue weighted by Gasteiger charge is 2.37. The van der Waals surface area contributed by atoms with Crippen molar-refractivity contribution in [2.45, 2.75) is 18.6 Å². The molecule has 3 atom stereocenters. The molecule has 3 unspecified atom stereocenters. The van der Waals surface area contributed by atoms with Crippen LogP contribution in [0.3, 0.4) is 0 Å². The minimum atomic E-state index is 0.292. The molecular weight excluding hydrogens is 112 g/mol. The van der Waals surface area contributed by atoms with E-state index in [9.17, 15) is 0 Å². The second kappa shape index (κ2) is 1.58. The number of nitrogens with zero attached hydrogens (tertiary/aromatic N) is 1. The summed E-state index contributed by atoms with van der Waals surface area (Å²) in [6.45, 7) is 0. The summed E-state index contributed by atoms with van der Waals surface area (Å²) in [7, 11) is 2.10. The minimum Gasteiger partial charge on any atom is -0.315 e. The molecular formula is C7H12N2. The van der Waals surface area contributed by atoms with Crippen molar-refractivity contribution in [1.29, 1.82) is 0 Å². The number of fused-ring (bicyclic) bond motifs is 2. The van der Waals surface area contributed by atoms with Gasteiger partial charge in [0, 0.05) is 12.0 Å². The van der Waals surface area contributed by atoms with Gasteiger partial charge in [-0.25, -0.2) is 0 Å². The van der Waals surface area contributed by atoms with Gasteiger partial charge in [0.15, 0.2) is 0 Å². The molecule has 1 fully saturated rings. The lowest BCUT2D eigenvalue weighted by Gasteiger charge is -2.24. The highest BCUT2D eigenvalue weighted by atomic mass is 15.3. The first-order chi connectivity index (χ1) is 4.29. The lowest BCUT2D eigenvalue weighted by molar-refractivity contribution is 0.253. The topological polar surface area (TPSA) is 29.3 Å². The van der Waals surface area contributed by atoms with Crippen molar-refractivity contribution in [1.82, 2.24) is 4.90 Å². The smallest absolute Gasteiger partial charge is 0.0639 e. The second-order valence-electron chi connectivity index (χ2n) is 3.01. The van der Waals surface area contributed by atoms with Gasteiger partial charge in [0.1, 0.15) is 0 Å². The third-order valence-electron chi connectivity index (χ3n) is 2.53. The predicted molar refractivity (Wildman–Crippen MR) is 36.8 cm³/mol. The van der Waals surface area contributed by atoms with Crippen molar-refractivity contribution >= 4 is 0 Å². The predicted octanol–water partition coefficient (Wildman–Crippen LogP) is 0.161. The molecule has 2 aliphatic rings. The number of hydrogen-bond donors (Lipinski definition) is 1. The lowest BCUT2D eigenvalue weighted by atomic mass is 10.1. The molecule has 9 heavy (non-hydrogen) atoms. The standard InChI is InChI=1S/C7H12N2/c1-9-6-3-2-5(4-6)7(9)8/h2-3,5-7H,4,8H2,1H3. The second-order valence-corrected chi connectivity index (χ2v) is 3.01. The van der Waals surface area contributed by atoms with Gasteiger partial charge in [-0.15, -0.1) is 0 Å². The Morgan fingerprint density at radius 1 is 1.56 bits per heavy atom. The zero-order valence-electron chi connectivity index (χ0n) is 5.62. The van der Waals surface area contributed by atoms with E-state index in [1.807, 2.05) is 0 Å². The van der Waals surface area contributed by atoms with E-state index in [-0.39, 0.29) is 0 Å². The van der Waals surface area contributed by atoms with E-state index in [2.05, 4.69) is 24.1 Å². The molecule has 0 aromatic carbocycles. The van der Waals surface area contributed by atoms with E-state index in [0.29, 0.717) is 18.1 Å². The summed E-state index contributed by atoms with van der Waals surface area (Å²) in [5.74, 6) is 0.639. The molecule has 1 heterocycles. The summed E-state index contributed by atoms with van der Waals surface area (Å²) in [5, 5.41) is 0. The lowest BCUT2D eigenvalue weighted by Crippen LogP contribution is -2.41. The summed E-state index contributed by atoms with van der Waals surface area (Å²) in [4.78, 5) is 2.24. The molecule has 0 aromatic rings. The Morgan fingerprint density at radius 2 is 2.33 bits per heavy atom. The Kier molecular flexibility index (Phi) is 0.957. The van der Waals surface area contributed by atoms with Crippen LogP contribution in [0.4, 0.5) is 0 Å². The summed E-state index contributed by atoms with van der Waals surface area (Å²) in [6, 6.07) is 0.644. The van der Waals surface area contributed by atoms with E-state index in [1.165, 1.54) is 6.42 Å². The summed E-state index contributed by atoms with van der Waals surface area (Å²) in [5.41, 5.74) is 5.84. The van der Waals surface area contributed by atoms with Crippen LogP contribution >= 0.6 is 0 Å². The van der Waals surface area contributed by atoms with Crippen LogP contribution in [0.5, 0.6) is 0 Å². The van der Waals surface area contributed by atoms with Crippen LogP contribution in [0, 0.1) is 5.92 Å². The maximum atomic E-state index is 5.84. The zero-order chi connectivity index (χ0) is 6.43. The minimum absolute atomic E-state index is 0.292. The van der Waals surface area contributed by atoms with Crippen molar-refractivity contribution in [3.05, 3.63) is 12.2 Å². The molecule has 2 nitrogen and oxygen atoms in total. The number of likely N-dealkylation sites (N-methyl/N-ethyl adjacent to an activating group) is 1. The number of nitrogens with two attached hydrogens (primary N) is 1. The van der Waals surface area contributed by atoms with Crippen LogP contribution in [0.15, 0.2) is 12.2 Å². The van der Waals surface area contributed by atoms with Crippen molar-refractivity contribution in [2.24, 2.45) is 11.7 Å². The molecule has 1 aliphatic carbocycles. The first-order valence-corrected chi connectivity index (χ1v) is 3.45. The van der Waals surface area contributed by atoms with Crippen LogP contribution in [0.1, 0.15) is 6.42 Å². The van der Waals surface area contributed by atoms with E-state index in [1.54, 1.807) is 0 Å². The molecule has 1 saturated heterocycles. The number of likely N-dealkylation sites (tertiary alicyclic amines) is 1. The molecule has 1 aliphatic heterocycles. The van der Waals surface area contributed by atoms with Crippen LogP contribution < -0.4 is 5.73 Å². The van der Waals surface area contributed by atoms with Gasteiger partial charge >= 0.3 is 0 Å². The number of rotatable bonds is 0. The quantitative estimate of drug-likeness (QED) is 0.466. The Morgan fingerprint density at radius 3 is 2.67 bits per heavy atom. The number of hydrogen-bond acceptors (Lipinski definition) is 2. The van der Waals surface area contributed by atoms with E-state index >= 15 is 0 Å². The van der Waals surface area contributed by atoms with E-state index in [0.717, 1.165) is 0 Å². The fourth-order valence-electron chi connectivity index (χ4n) is 1.79. The molecule has 0 aromatic heterocycles. The zero-order valence-corrected chi connectivity index (χ0v) is 5.62. The van der Waals surface area contributed by atoms with Gasteiger partial charge in [-0.05, 0) is 13.5 Å². The average molecular weight is 124 g/mol. The van der Waals surface area contributed by atoms with Crippen molar-refractivity contribution in [3.63, 3.8) is 0 Å². The van der Waals surface area contributed by atoms with Crippen LogP contribution in [-0.4, -0.2) is 24.2 Å². The van der Waals surface area contributed by atoms with Gasteiger partial charge in [0.05, 0.1) is 6.17 Å². The summed E-state index contributed by atoms with van der Waals surface area (Å²) >= 11 is 0. The van der Waals surface area contributed by atoms with Gasteiger partial charge in [-0.2, -0.15) is 0 Å². The molecule has 0 amide bonds. The fourth-order valence-corrected chi connectivity index (χ4v) is 1.79. The summed E-state index contributed by atoms with van der Waals surface area (Å²) < 4.78 is 0. The first kappa shape index (κ1) is 5.45. The Balaban J connectivity index is 2.26. The third-order valence-corrected chi connectivity index (χ3v) is 2.53. The highest BCUT2D eigenvalue weighted by molar-refractivity contribution is 5.14. The Bertz CT molecular complexity index is 137. The molecule has 2 rings (SSSR count). The van der Waals surface area contributed by atoms with E-state index in [4.69, 9.17) is 5.73 Å². The Labute approximate surface area is 55.3 Å². The van der Waals surface area contributed by atoms with Gasteiger partial charge in [-0.3, -0.25) is 4.90 Å². The van der Waals surface area contributed by atoms with Gasteiger partial charge < -0.3 is 5.73 Å². The molecule has 0 radical (unpaired) electrons. The molecule has 0 spiro atoms. The van der Waals surface area contributed by atoms with Gasteiger partial charge in [0.2, 0.25) is 0 Å². The highest BCUT2D eigenvalue weighted by Crippen LogP contribution is 2.32. The van der Waals surface area contributed by atoms with Crippen LogP contribution in [0.2, 0.25) is 0 Å². The van der Waals surface area contributed by atoms with Crippen molar-refractivity contribution < 1.29 is 0 Å². The van der Waals surface area contributed by atoms with Crippen molar-refractivity contribution in [2.75, 3.05) is 7.05 Å². The van der Waals surface area contributed by atoms with Crippen LogP contribution in [0.25, 0.3) is 0 Å².